The third-order valence-electron chi connectivity index (χ3n) is 5.15. The molecule has 0 aromatic carbocycles. The van der Waals surface area contributed by atoms with Crippen molar-refractivity contribution in [2.45, 2.75) is 58.9 Å². The van der Waals surface area contributed by atoms with E-state index in [9.17, 15) is 9.90 Å². The summed E-state index contributed by atoms with van der Waals surface area (Å²) in [6, 6.07) is 0.294. The van der Waals surface area contributed by atoms with E-state index in [0.29, 0.717) is 23.2 Å². The van der Waals surface area contributed by atoms with Crippen molar-refractivity contribution in [3.05, 3.63) is 0 Å². The molecule has 0 amide bonds. The van der Waals surface area contributed by atoms with Gasteiger partial charge in [-0.25, -0.2) is 0 Å². The van der Waals surface area contributed by atoms with Crippen molar-refractivity contribution in [2.24, 2.45) is 17.3 Å². The highest BCUT2D eigenvalue weighted by Crippen LogP contribution is 2.39. The molecule has 0 aromatic rings. The molecule has 1 saturated carbocycles. The van der Waals surface area contributed by atoms with E-state index < -0.39 is 0 Å². The number of likely N-dealkylation sites (tertiary alicyclic amines) is 1. The first kappa shape index (κ1) is 15.0. The maximum atomic E-state index is 12.2. The fraction of sp³-hybridized carbons (Fsp3) is 0.938. The molecule has 3 nitrogen and oxygen atoms in total. The van der Waals surface area contributed by atoms with Crippen LogP contribution in [0.2, 0.25) is 0 Å². The standard InChI is InChI=1S/C16H29NO2/c1-16(2,3)13-6-7-15(19)12(9-13)10-17-8-4-5-14(17)11-18/h12-14,18H,4-11H2,1-3H3. The molecule has 3 heteroatoms. The lowest BCUT2D eigenvalue weighted by atomic mass is 9.68. The summed E-state index contributed by atoms with van der Waals surface area (Å²) in [6.45, 7) is 9.03. The van der Waals surface area contributed by atoms with E-state index in [0.717, 1.165) is 45.2 Å². The maximum absolute atomic E-state index is 12.2. The SMILES string of the molecule is CC(C)(C)C1CCC(=O)C(CN2CCCC2CO)C1. The normalized spacial score (nSPS) is 33.9. The maximum Gasteiger partial charge on any atom is 0.137 e. The minimum atomic E-state index is 0.199. The van der Waals surface area contributed by atoms with Crippen LogP contribution in [-0.2, 0) is 4.79 Å². The van der Waals surface area contributed by atoms with E-state index >= 15 is 0 Å². The molecule has 0 aromatic heterocycles. The second-order valence-corrected chi connectivity index (χ2v) is 7.47. The predicted molar refractivity (Wildman–Crippen MR) is 77.0 cm³/mol. The second kappa shape index (κ2) is 5.92. The smallest absolute Gasteiger partial charge is 0.137 e. The molecule has 2 fully saturated rings. The number of ketones is 1. The first-order valence-electron chi connectivity index (χ1n) is 7.79. The van der Waals surface area contributed by atoms with Gasteiger partial charge in [0.25, 0.3) is 0 Å². The van der Waals surface area contributed by atoms with Crippen LogP contribution in [0.1, 0.15) is 52.9 Å². The number of nitrogens with zero attached hydrogens (tertiary/aromatic N) is 1. The van der Waals surface area contributed by atoms with Gasteiger partial charge >= 0.3 is 0 Å². The van der Waals surface area contributed by atoms with Crippen molar-refractivity contribution in [3.63, 3.8) is 0 Å². The topological polar surface area (TPSA) is 40.5 Å². The number of carbonyl (C=O) groups is 1. The Bertz CT molecular complexity index is 321. The summed E-state index contributed by atoms with van der Waals surface area (Å²) in [5, 5.41) is 9.39. The summed E-state index contributed by atoms with van der Waals surface area (Å²) in [6.07, 6.45) is 5.10. The molecule has 1 N–H and O–H groups in total. The molecule has 19 heavy (non-hydrogen) atoms. The molecule has 3 atom stereocenters. The quantitative estimate of drug-likeness (QED) is 0.854. The zero-order chi connectivity index (χ0) is 14.0. The Kier molecular flexibility index (Phi) is 4.67. The molecule has 0 bridgehead atoms. The Hall–Kier alpha value is -0.410. The van der Waals surface area contributed by atoms with Crippen molar-refractivity contribution >= 4 is 5.78 Å². The molecule has 0 radical (unpaired) electrons. The van der Waals surface area contributed by atoms with Crippen LogP contribution in [0.25, 0.3) is 0 Å². The predicted octanol–water partition coefficient (Wildman–Crippen LogP) is 2.47. The van der Waals surface area contributed by atoms with Gasteiger partial charge < -0.3 is 5.11 Å². The van der Waals surface area contributed by atoms with Crippen LogP contribution in [0.5, 0.6) is 0 Å². The molecule has 1 aliphatic carbocycles. The fourth-order valence-corrected chi connectivity index (χ4v) is 3.70. The Labute approximate surface area is 117 Å². The van der Waals surface area contributed by atoms with Gasteiger partial charge in [-0.05, 0) is 43.6 Å². The lowest BCUT2D eigenvalue weighted by Crippen LogP contribution is -2.42. The van der Waals surface area contributed by atoms with Crippen LogP contribution in [0.15, 0.2) is 0 Å². The van der Waals surface area contributed by atoms with E-state index in [2.05, 4.69) is 25.7 Å². The average Bonchev–Trinajstić information content (AvgIpc) is 2.77. The van der Waals surface area contributed by atoms with Gasteiger partial charge in [0.05, 0.1) is 6.61 Å². The first-order valence-corrected chi connectivity index (χ1v) is 7.79. The van der Waals surface area contributed by atoms with Crippen molar-refractivity contribution in [3.8, 4) is 0 Å². The highest BCUT2D eigenvalue weighted by Gasteiger charge is 2.37. The van der Waals surface area contributed by atoms with E-state index in [4.69, 9.17) is 0 Å². The third-order valence-corrected chi connectivity index (χ3v) is 5.15. The first-order chi connectivity index (χ1) is 8.91. The molecular formula is C16H29NO2. The Morgan fingerprint density at radius 1 is 1.32 bits per heavy atom. The molecule has 3 unspecified atom stereocenters. The molecule has 1 aliphatic heterocycles. The lowest BCUT2D eigenvalue weighted by Gasteiger charge is -2.38. The number of hydrogen-bond donors (Lipinski definition) is 1. The molecule has 2 rings (SSSR count). The van der Waals surface area contributed by atoms with Gasteiger partial charge in [-0.15, -0.1) is 0 Å². The zero-order valence-corrected chi connectivity index (χ0v) is 12.7. The number of aliphatic hydroxyl groups is 1. The highest BCUT2D eigenvalue weighted by molar-refractivity contribution is 5.82. The minimum Gasteiger partial charge on any atom is -0.395 e. The largest absolute Gasteiger partial charge is 0.395 e. The highest BCUT2D eigenvalue weighted by atomic mass is 16.3. The van der Waals surface area contributed by atoms with Gasteiger partial charge in [0.2, 0.25) is 0 Å². The van der Waals surface area contributed by atoms with E-state index in [1.54, 1.807) is 0 Å². The number of carbonyl (C=O) groups excluding carboxylic acids is 1. The lowest BCUT2D eigenvalue weighted by molar-refractivity contribution is -0.127. The summed E-state index contributed by atoms with van der Waals surface area (Å²) < 4.78 is 0. The van der Waals surface area contributed by atoms with Crippen molar-refractivity contribution in [1.82, 2.24) is 4.90 Å². The van der Waals surface area contributed by atoms with E-state index in [-0.39, 0.29) is 12.5 Å². The third kappa shape index (κ3) is 3.57. The Morgan fingerprint density at radius 3 is 2.68 bits per heavy atom. The molecule has 0 spiro atoms. The van der Waals surface area contributed by atoms with Crippen LogP contribution in [0, 0.1) is 17.3 Å². The molecule has 110 valence electrons. The molecular weight excluding hydrogens is 238 g/mol. The summed E-state index contributed by atoms with van der Waals surface area (Å²) in [7, 11) is 0. The monoisotopic (exact) mass is 267 g/mol. The molecule has 1 saturated heterocycles. The van der Waals surface area contributed by atoms with Crippen molar-refractivity contribution in [2.75, 3.05) is 19.7 Å². The average molecular weight is 267 g/mol. The summed E-state index contributed by atoms with van der Waals surface area (Å²) >= 11 is 0. The van der Waals surface area contributed by atoms with Crippen LogP contribution in [-0.4, -0.2) is 41.5 Å². The minimum absolute atomic E-state index is 0.199. The van der Waals surface area contributed by atoms with Crippen molar-refractivity contribution in [1.29, 1.82) is 0 Å². The van der Waals surface area contributed by atoms with Crippen LogP contribution < -0.4 is 0 Å². The van der Waals surface area contributed by atoms with Crippen LogP contribution >= 0.6 is 0 Å². The van der Waals surface area contributed by atoms with Gasteiger partial charge in [0.15, 0.2) is 0 Å². The molecule has 2 aliphatic rings. The number of rotatable bonds is 3. The van der Waals surface area contributed by atoms with Gasteiger partial charge in [0, 0.05) is 24.9 Å². The van der Waals surface area contributed by atoms with Crippen LogP contribution in [0.3, 0.4) is 0 Å². The summed E-state index contributed by atoms with van der Waals surface area (Å²) in [4.78, 5) is 14.5. The number of hydrogen-bond acceptors (Lipinski definition) is 3. The van der Waals surface area contributed by atoms with Gasteiger partial charge in [0.1, 0.15) is 5.78 Å². The zero-order valence-electron chi connectivity index (χ0n) is 12.7. The fourth-order valence-electron chi connectivity index (χ4n) is 3.70. The number of aliphatic hydroxyl groups excluding tert-OH is 1. The second-order valence-electron chi connectivity index (χ2n) is 7.47. The summed E-state index contributed by atoms with van der Waals surface area (Å²) in [5.74, 6) is 1.31. The Balaban J connectivity index is 1.96. The van der Waals surface area contributed by atoms with E-state index in [1.807, 2.05) is 0 Å². The molecule has 1 heterocycles. The number of Topliss-reactive ketones (excluding diaryl/α,β-unsaturated/α-hetero) is 1. The van der Waals surface area contributed by atoms with Gasteiger partial charge in [-0.2, -0.15) is 0 Å². The van der Waals surface area contributed by atoms with Crippen LogP contribution in [0.4, 0.5) is 0 Å². The van der Waals surface area contributed by atoms with E-state index in [1.165, 1.54) is 0 Å². The Morgan fingerprint density at radius 2 is 2.05 bits per heavy atom. The van der Waals surface area contributed by atoms with Gasteiger partial charge in [-0.1, -0.05) is 20.8 Å². The van der Waals surface area contributed by atoms with Crippen molar-refractivity contribution < 1.29 is 9.90 Å². The van der Waals surface area contributed by atoms with Gasteiger partial charge in [-0.3, -0.25) is 9.69 Å². The summed E-state index contributed by atoms with van der Waals surface area (Å²) in [5.41, 5.74) is 0.306.